The van der Waals surface area contributed by atoms with E-state index in [1.54, 1.807) is 0 Å². The van der Waals surface area contributed by atoms with Crippen LogP contribution in [0.2, 0.25) is 0 Å². The van der Waals surface area contributed by atoms with Gasteiger partial charge in [0.25, 0.3) is 0 Å². The van der Waals surface area contributed by atoms with E-state index in [0.29, 0.717) is 11.8 Å². The molecule has 0 amide bonds. The van der Waals surface area contributed by atoms with Crippen molar-refractivity contribution in [3.63, 3.8) is 0 Å². The van der Waals surface area contributed by atoms with Crippen LogP contribution in [0.1, 0.15) is 47.0 Å². The third kappa shape index (κ3) is 6.01. The van der Waals surface area contributed by atoms with Crippen LogP contribution in [0.25, 0.3) is 0 Å². The summed E-state index contributed by atoms with van der Waals surface area (Å²) >= 11 is 10.7. The fourth-order valence-electron chi connectivity index (χ4n) is 2.46. The Bertz CT molecular complexity index is 354. The zero-order valence-corrected chi connectivity index (χ0v) is 14.8. The SMILES string of the molecule is CC(C)CC1=CCC(CC(C)C)(OP(OCl)OCl)C=C1. The molecule has 0 fully saturated rings. The molecule has 0 spiro atoms. The summed E-state index contributed by atoms with van der Waals surface area (Å²) < 4.78 is 15.1. The second-order valence-electron chi connectivity index (χ2n) is 6.03. The molecule has 0 bridgehead atoms. The lowest BCUT2D eigenvalue weighted by Gasteiger charge is -2.34. The molecule has 0 aromatic heterocycles. The van der Waals surface area contributed by atoms with Gasteiger partial charge in [-0.2, -0.15) is 8.15 Å². The molecule has 20 heavy (non-hydrogen) atoms. The third-order valence-corrected chi connectivity index (χ3v) is 4.49. The summed E-state index contributed by atoms with van der Waals surface area (Å²) in [6.07, 6.45) is 9.14. The maximum absolute atomic E-state index is 5.87. The number of hydrogen-bond acceptors (Lipinski definition) is 3. The van der Waals surface area contributed by atoms with Crippen molar-refractivity contribution in [1.29, 1.82) is 0 Å². The van der Waals surface area contributed by atoms with Crippen molar-refractivity contribution in [3.8, 4) is 0 Å². The molecule has 0 saturated carbocycles. The highest BCUT2D eigenvalue weighted by molar-refractivity contribution is 7.43. The van der Waals surface area contributed by atoms with Gasteiger partial charge < -0.3 is 0 Å². The molecule has 0 radical (unpaired) electrons. The van der Waals surface area contributed by atoms with Gasteiger partial charge in [-0.1, -0.05) is 51.5 Å². The van der Waals surface area contributed by atoms with E-state index in [1.165, 1.54) is 5.57 Å². The lowest BCUT2D eigenvalue weighted by molar-refractivity contribution is 0.0865. The normalized spacial score (nSPS) is 22.9. The molecule has 0 heterocycles. The Morgan fingerprint density at radius 3 is 2.25 bits per heavy atom. The van der Waals surface area contributed by atoms with Crippen LogP contribution < -0.4 is 0 Å². The van der Waals surface area contributed by atoms with Gasteiger partial charge in [0.05, 0.1) is 29.3 Å². The maximum atomic E-state index is 5.87. The first-order chi connectivity index (χ1) is 9.40. The van der Waals surface area contributed by atoms with E-state index in [0.717, 1.165) is 19.3 Å². The Morgan fingerprint density at radius 1 is 1.20 bits per heavy atom. The van der Waals surface area contributed by atoms with Crippen LogP contribution in [0, 0.1) is 11.8 Å². The van der Waals surface area contributed by atoms with Gasteiger partial charge in [-0.15, -0.1) is 0 Å². The molecule has 0 aromatic carbocycles. The lowest BCUT2D eigenvalue weighted by atomic mass is 9.84. The average molecular weight is 341 g/mol. The molecule has 1 aliphatic carbocycles. The number of hydrogen-bond donors (Lipinski definition) is 0. The first-order valence-corrected chi connectivity index (χ1v) is 8.57. The fraction of sp³-hybridized carbons (Fsp3) is 0.714. The molecule has 3 nitrogen and oxygen atoms in total. The highest BCUT2D eigenvalue weighted by Gasteiger charge is 2.35. The van der Waals surface area contributed by atoms with Crippen molar-refractivity contribution in [2.45, 2.75) is 52.6 Å². The summed E-state index contributed by atoms with van der Waals surface area (Å²) in [4.78, 5) is 0. The standard InChI is InChI=1S/C14H23Cl2O3P/c1-11(2)9-13-5-7-14(8-6-13,10-12(3)4)17-20(18-15)19-16/h5-7,11-12H,8-10H2,1-4H3. The van der Waals surface area contributed by atoms with Gasteiger partial charge in [0.2, 0.25) is 0 Å². The summed E-state index contributed by atoms with van der Waals surface area (Å²) in [7, 11) is -1.74. The Balaban J connectivity index is 2.78. The van der Waals surface area contributed by atoms with E-state index in [4.69, 9.17) is 28.3 Å². The van der Waals surface area contributed by atoms with Crippen molar-refractivity contribution >= 4 is 32.3 Å². The van der Waals surface area contributed by atoms with Gasteiger partial charge in [-0.05, 0) is 31.1 Å². The Labute approximate surface area is 133 Å². The number of allylic oxidation sites excluding steroid dienone is 2. The second kappa shape index (κ2) is 8.73. The first kappa shape index (κ1) is 18.4. The highest BCUT2D eigenvalue weighted by Crippen LogP contribution is 2.50. The van der Waals surface area contributed by atoms with Crippen molar-refractivity contribution < 1.29 is 12.7 Å². The largest absolute Gasteiger partial charge is 0.369 e. The van der Waals surface area contributed by atoms with Gasteiger partial charge in [0.1, 0.15) is 0 Å². The summed E-state index contributed by atoms with van der Waals surface area (Å²) in [5, 5.41) is 0. The van der Waals surface area contributed by atoms with E-state index in [-0.39, 0.29) is 0 Å². The zero-order valence-electron chi connectivity index (χ0n) is 12.4. The zero-order chi connectivity index (χ0) is 15.2. The van der Waals surface area contributed by atoms with Crippen molar-refractivity contribution in [1.82, 2.24) is 0 Å². The predicted octanol–water partition coefficient (Wildman–Crippen LogP) is 6.29. The smallest absolute Gasteiger partial charge is 0.299 e. The van der Waals surface area contributed by atoms with E-state index in [2.05, 4.69) is 54.1 Å². The molecular formula is C14H23Cl2O3P. The molecule has 1 rings (SSSR count). The van der Waals surface area contributed by atoms with Crippen LogP contribution in [0.4, 0.5) is 0 Å². The van der Waals surface area contributed by atoms with Gasteiger partial charge in [0.15, 0.2) is 0 Å². The van der Waals surface area contributed by atoms with E-state index >= 15 is 0 Å². The molecular weight excluding hydrogens is 318 g/mol. The topological polar surface area (TPSA) is 27.7 Å². The minimum Gasteiger partial charge on any atom is -0.299 e. The molecule has 6 heteroatoms. The summed E-state index contributed by atoms with van der Waals surface area (Å²) in [5.41, 5.74) is 0.885. The second-order valence-corrected chi connectivity index (χ2v) is 7.76. The Kier molecular flexibility index (Phi) is 8.04. The summed E-state index contributed by atoms with van der Waals surface area (Å²) in [6.45, 7) is 8.72. The van der Waals surface area contributed by atoms with Crippen LogP contribution in [-0.4, -0.2) is 5.60 Å². The van der Waals surface area contributed by atoms with Crippen molar-refractivity contribution in [2.24, 2.45) is 11.8 Å². The van der Waals surface area contributed by atoms with Crippen molar-refractivity contribution in [3.05, 3.63) is 23.8 Å². The van der Waals surface area contributed by atoms with Gasteiger partial charge in [-0.25, -0.2) is 0 Å². The molecule has 1 aliphatic rings. The maximum Gasteiger partial charge on any atom is 0.369 e. The summed E-state index contributed by atoms with van der Waals surface area (Å²) in [6, 6.07) is 0. The Hall–Kier alpha value is 0.370. The van der Waals surface area contributed by atoms with Gasteiger partial charge >= 0.3 is 8.60 Å². The number of halogens is 2. The molecule has 0 N–H and O–H groups in total. The van der Waals surface area contributed by atoms with E-state index < -0.39 is 14.2 Å². The molecule has 1 atom stereocenters. The van der Waals surface area contributed by atoms with Crippen LogP contribution in [-0.2, 0) is 12.7 Å². The van der Waals surface area contributed by atoms with Crippen LogP contribution >= 0.6 is 32.3 Å². The first-order valence-electron chi connectivity index (χ1n) is 6.85. The molecule has 0 aromatic rings. The van der Waals surface area contributed by atoms with Crippen LogP contribution in [0.3, 0.4) is 0 Å². The van der Waals surface area contributed by atoms with Crippen LogP contribution in [0.15, 0.2) is 23.8 Å². The summed E-state index contributed by atoms with van der Waals surface area (Å²) in [5.74, 6) is 1.11. The molecule has 1 unspecified atom stereocenters. The van der Waals surface area contributed by atoms with Crippen molar-refractivity contribution in [2.75, 3.05) is 0 Å². The molecule has 116 valence electrons. The van der Waals surface area contributed by atoms with E-state index in [1.807, 2.05) is 0 Å². The van der Waals surface area contributed by atoms with Gasteiger partial charge in [-0.3, -0.25) is 4.52 Å². The minimum atomic E-state index is -1.74. The predicted molar refractivity (Wildman–Crippen MR) is 85.4 cm³/mol. The van der Waals surface area contributed by atoms with Gasteiger partial charge in [0, 0.05) is 0 Å². The highest BCUT2D eigenvalue weighted by atomic mass is 35.5. The minimum absolute atomic E-state index is 0.454. The fourth-order valence-corrected chi connectivity index (χ4v) is 3.47. The number of rotatable bonds is 8. The molecule has 0 aliphatic heterocycles. The molecule has 0 saturated heterocycles. The van der Waals surface area contributed by atoms with Crippen LogP contribution in [0.5, 0.6) is 0 Å². The monoisotopic (exact) mass is 340 g/mol. The average Bonchev–Trinajstić information content (AvgIpc) is 2.38. The quantitative estimate of drug-likeness (QED) is 0.486. The third-order valence-electron chi connectivity index (χ3n) is 3.08. The lowest BCUT2D eigenvalue weighted by Crippen LogP contribution is -2.31. The Morgan fingerprint density at radius 2 is 1.85 bits per heavy atom. The van der Waals surface area contributed by atoms with E-state index in [9.17, 15) is 0 Å².